The van der Waals surface area contributed by atoms with Crippen LogP contribution >= 0.6 is 11.9 Å². The van der Waals surface area contributed by atoms with E-state index in [1.165, 1.54) is 0 Å². The Bertz CT molecular complexity index is 1070. The van der Waals surface area contributed by atoms with Gasteiger partial charge in [-0.15, -0.1) is 0 Å². The van der Waals surface area contributed by atoms with Crippen LogP contribution in [0.1, 0.15) is 11.1 Å². The van der Waals surface area contributed by atoms with Gasteiger partial charge in [-0.1, -0.05) is 18.2 Å². The molecule has 0 radical (unpaired) electrons. The summed E-state index contributed by atoms with van der Waals surface area (Å²) in [6.45, 7) is 0. The van der Waals surface area contributed by atoms with Gasteiger partial charge >= 0.3 is 0 Å². The summed E-state index contributed by atoms with van der Waals surface area (Å²) in [7, 11) is 0. The number of hydrogen-bond acceptors (Lipinski definition) is 3. The highest BCUT2D eigenvalue weighted by atomic mass is 32.2. The molecule has 1 heterocycles. The van der Waals surface area contributed by atoms with Crippen molar-refractivity contribution < 1.29 is 0 Å². The molecule has 4 rings (SSSR count). The highest BCUT2D eigenvalue weighted by Crippen LogP contribution is 2.36. The van der Waals surface area contributed by atoms with Gasteiger partial charge in [-0.2, -0.15) is 10.5 Å². The number of fused-ring (bicyclic) bond motifs is 3. The van der Waals surface area contributed by atoms with Crippen molar-refractivity contribution >= 4 is 33.8 Å². The van der Waals surface area contributed by atoms with Gasteiger partial charge in [-0.05, 0) is 60.5 Å². The Balaban J connectivity index is 2.04. The van der Waals surface area contributed by atoms with E-state index >= 15 is 0 Å². The summed E-state index contributed by atoms with van der Waals surface area (Å²) in [5, 5.41) is 20.4. The lowest BCUT2D eigenvalue weighted by Gasteiger charge is -2.06. The number of benzene rings is 3. The number of aromatic nitrogens is 1. The van der Waals surface area contributed by atoms with Crippen molar-refractivity contribution in [3.05, 3.63) is 77.9 Å². The second-order valence-electron chi connectivity index (χ2n) is 5.39. The van der Waals surface area contributed by atoms with Crippen LogP contribution in [-0.2, 0) is 0 Å². The molecule has 0 aliphatic rings. The predicted molar refractivity (Wildman–Crippen MR) is 96.6 cm³/mol. The fraction of sp³-hybridized carbons (Fsp3) is 0. The SMILES string of the molecule is N#Cc1ccc2c(c1)c1cc(C#N)ccc1n2Sc1ccccc1. The number of hydrogen-bond donors (Lipinski definition) is 0. The standard InChI is InChI=1S/C20H11N3S/c21-12-14-6-8-19-17(10-14)18-11-15(13-22)7-9-20(18)23(19)24-16-4-2-1-3-5-16/h1-11H. The van der Waals surface area contributed by atoms with E-state index in [2.05, 4.69) is 28.2 Å². The van der Waals surface area contributed by atoms with E-state index in [0.717, 1.165) is 26.7 Å². The molecule has 24 heavy (non-hydrogen) atoms. The zero-order chi connectivity index (χ0) is 16.5. The van der Waals surface area contributed by atoms with Gasteiger partial charge in [0, 0.05) is 15.7 Å². The highest BCUT2D eigenvalue weighted by Gasteiger charge is 2.13. The first kappa shape index (κ1) is 14.4. The quantitative estimate of drug-likeness (QED) is 0.515. The lowest BCUT2D eigenvalue weighted by atomic mass is 10.1. The molecular weight excluding hydrogens is 314 g/mol. The summed E-state index contributed by atoms with van der Waals surface area (Å²) in [6.07, 6.45) is 0. The van der Waals surface area contributed by atoms with Crippen LogP contribution in [-0.4, -0.2) is 3.97 Å². The van der Waals surface area contributed by atoms with Crippen molar-refractivity contribution in [2.24, 2.45) is 0 Å². The van der Waals surface area contributed by atoms with Gasteiger partial charge in [0.05, 0.1) is 34.3 Å². The molecule has 0 amide bonds. The molecule has 0 unspecified atom stereocenters. The fourth-order valence-corrected chi connectivity index (χ4v) is 3.82. The average Bonchev–Trinajstić information content (AvgIpc) is 2.95. The second kappa shape index (κ2) is 5.77. The molecule has 0 saturated carbocycles. The molecule has 4 heteroatoms. The van der Waals surface area contributed by atoms with Crippen LogP contribution in [0.25, 0.3) is 21.8 Å². The van der Waals surface area contributed by atoms with E-state index < -0.39 is 0 Å². The Morgan fingerprint density at radius 3 is 1.75 bits per heavy atom. The minimum absolute atomic E-state index is 0.619. The molecule has 0 fully saturated rings. The molecule has 0 spiro atoms. The van der Waals surface area contributed by atoms with E-state index in [4.69, 9.17) is 0 Å². The third kappa shape index (κ3) is 2.31. The first-order valence-corrected chi connectivity index (χ1v) is 8.19. The largest absolute Gasteiger partial charge is 0.279 e. The van der Waals surface area contributed by atoms with E-state index in [1.807, 2.05) is 54.6 Å². The lowest BCUT2D eigenvalue weighted by Crippen LogP contribution is -1.86. The van der Waals surface area contributed by atoms with Crippen molar-refractivity contribution in [1.29, 1.82) is 10.5 Å². The van der Waals surface area contributed by atoms with Crippen molar-refractivity contribution in [3.63, 3.8) is 0 Å². The molecule has 112 valence electrons. The van der Waals surface area contributed by atoms with Crippen molar-refractivity contribution in [1.82, 2.24) is 3.97 Å². The molecule has 0 saturated heterocycles. The third-order valence-electron chi connectivity index (χ3n) is 3.92. The van der Waals surface area contributed by atoms with Gasteiger partial charge in [0.15, 0.2) is 0 Å². The predicted octanol–water partition coefficient (Wildman–Crippen LogP) is 5.09. The van der Waals surface area contributed by atoms with E-state index in [0.29, 0.717) is 11.1 Å². The Kier molecular flexibility index (Phi) is 3.46. The van der Waals surface area contributed by atoms with Crippen molar-refractivity contribution in [3.8, 4) is 12.1 Å². The topological polar surface area (TPSA) is 52.5 Å². The number of nitriles is 2. The zero-order valence-electron chi connectivity index (χ0n) is 12.6. The van der Waals surface area contributed by atoms with E-state index in [-0.39, 0.29) is 0 Å². The molecule has 0 atom stereocenters. The molecule has 3 aromatic carbocycles. The maximum Gasteiger partial charge on any atom is 0.0991 e. The smallest absolute Gasteiger partial charge is 0.0991 e. The minimum Gasteiger partial charge on any atom is -0.279 e. The second-order valence-corrected chi connectivity index (χ2v) is 6.41. The van der Waals surface area contributed by atoms with Gasteiger partial charge < -0.3 is 0 Å². The van der Waals surface area contributed by atoms with E-state index in [9.17, 15) is 10.5 Å². The zero-order valence-corrected chi connectivity index (χ0v) is 13.4. The molecular formula is C20H11N3S. The lowest BCUT2D eigenvalue weighted by molar-refractivity contribution is 1.36. The van der Waals surface area contributed by atoms with Crippen LogP contribution < -0.4 is 0 Å². The number of rotatable bonds is 2. The van der Waals surface area contributed by atoms with Gasteiger partial charge in [0.1, 0.15) is 0 Å². The minimum atomic E-state index is 0.619. The first-order valence-electron chi connectivity index (χ1n) is 7.42. The summed E-state index contributed by atoms with van der Waals surface area (Å²) < 4.78 is 2.16. The van der Waals surface area contributed by atoms with Gasteiger partial charge in [-0.3, -0.25) is 3.97 Å². The van der Waals surface area contributed by atoms with E-state index in [1.54, 1.807) is 11.9 Å². The molecule has 0 N–H and O–H groups in total. The normalized spacial score (nSPS) is 10.6. The third-order valence-corrected chi connectivity index (χ3v) is 4.98. The summed E-state index contributed by atoms with van der Waals surface area (Å²) in [5.74, 6) is 0. The van der Waals surface area contributed by atoms with Crippen LogP contribution in [0, 0.1) is 22.7 Å². The summed E-state index contributed by atoms with van der Waals surface area (Å²) in [6, 6.07) is 25.9. The van der Waals surface area contributed by atoms with Gasteiger partial charge in [-0.25, -0.2) is 0 Å². The maximum atomic E-state index is 9.20. The Hall–Kier alpha value is -3.21. The first-order chi connectivity index (χ1) is 11.8. The summed E-state index contributed by atoms with van der Waals surface area (Å²) in [4.78, 5) is 1.13. The van der Waals surface area contributed by atoms with Gasteiger partial charge in [0.25, 0.3) is 0 Å². The highest BCUT2D eigenvalue weighted by molar-refractivity contribution is 7.98. The Morgan fingerprint density at radius 1 is 0.708 bits per heavy atom. The molecule has 3 nitrogen and oxygen atoms in total. The Morgan fingerprint density at radius 2 is 1.25 bits per heavy atom. The average molecular weight is 325 g/mol. The number of nitrogens with zero attached hydrogens (tertiary/aromatic N) is 3. The maximum absolute atomic E-state index is 9.20. The summed E-state index contributed by atoms with van der Waals surface area (Å²) in [5.41, 5.74) is 3.31. The van der Waals surface area contributed by atoms with Crippen LogP contribution in [0.4, 0.5) is 0 Å². The summed E-state index contributed by atoms with van der Waals surface area (Å²) >= 11 is 1.63. The Labute approximate surface area is 143 Å². The van der Waals surface area contributed by atoms with Gasteiger partial charge in [0.2, 0.25) is 0 Å². The monoisotopic (exact) mass is 325 g/mol. The van der Waals surface area contributed by atoms with Crippen LogP contribution in [0.5, 0.6) is 0 Å². The van der Waals surface area contributed by atoms with Crippen molar-refractivity contribution in [2.75, 3.05) is 0 Å². The molecule has 0 aliphatic heterocycles. The van der Waals surface area contributed by atoms with Crippen LogP contribution in [0.2, 0.25) is 0 Å². The van der Waals surface area contributed by atoms with Crippen molar-refractivity contribution in [2.45, 2.75) is 4.90 Å². The molecule has 4 aromatic rings. The fourth-order valence-electron chi connectivity index (χ4n) is 2.81. The van der Waals surface area contributed by atoms with Crippen LogP contribution in [0.3, 0.4) is 0 Å². The molecule has 0 bridgehead atoms. The molecule has 0 aliphatic carbocycles. The molecule has 1 aromatic heterocycles. The van der Waals surface area contributed by atoms with Crippen LogP contribution in [0.15, 0.2) is 71.6 Å².